The van der Waals surface area contributed by atoms with Crippen molar-refractivity contribution < 1.29 is 9.59 Å². The fraction of sp³-hybridized carbons (Fsp3) is 0.136. The van der Waals surface area contributed by atoms with Crippen molar-refractivity contribution in [3.05, 3.63) is 74.4 Å². The maximum Gasteiger partial charge on any atom is 0.265 e. The lowest BCUT2D eigenvalue weighted by Gasteiger charge is -2.18. The summed E-state index contributed by atoms with van der Waals surface area (Å²) in [6.45, 7) is 3.60. The number of benzene rings is 1. The largest absolute Gasteiger partial charge is 0.400 e. The number of amides is 2. The Morgan fingerprint density at radius 2 is 1.53 bits per heavy atom. The molecule has 10 heteroatoms. The molecule has 0 saturated carbocycles. The number of anilines is 3. The van der Waals surface area contributed by atoms with E-state index < -0.39 is 0 Å². The Balaban J connectivity index is 1.86. The minimum absolute atomic E-state index is 0.215. The number of nitrogens with one attached hydrogen (secondary N) is 4. The molecule has 3 rings (SSSR count). The van der Waals surface area contributed by atoms with Crippen molar-refractivity contribution in [2.45, 2.75) is 13.8 Å². The van der Waals surface area contributed by atoms with Gasteiger partial charge in [0.1, 0.15) is 0 Å². The number of thiophene rings is 2. The SMILES string of the molecule is CN=C(C)/C(NNc1ccc(NC(=O)c2cccs2)cc1NC(=O)c1cccs1)=C(/C)N. The Labute approximate surface area is 194 Å². The van der Waals surface area contributed by atoms with E-state index in [0.717, 1.165) is 5.71 Å². The van der Waals surface area contributed by atoms with E-state index in [-0.39, 0.29) is 11.8 Å². The van der Waals surface area contributed by atoms with Crippen molar-refractivity contribution in [3.8, 4) is 0 Å². The number of hydrazine groups is 1. The van der Waals surface area contributed by atoms with Gasteiger partial charge in [-0.3, -0.25) is 25.4 Å². The zero-order valence-electron chi connectivity index (χ0n) is 17.9. The molecule has 3 aromatic rings. The fourth-order valence-electron chi connectivity index (χ4n) is 2.74. The van der Waals surface area contributed by atoms with Gasteiger partial charge in [0.25, 0.3) is 11.8 Å². The number of carbonyl (C=O) groups excluding carboxylic acids is 2. The highest BCUT2D eigenvalue weighted by atomic mass is 32.1. The van der Waals surface area contributed by atoms with Crippen LogP contribution in [-0.4, -0.2) is 24.6 Å². The van der Waals surface area contributed by atoms with Gasteiger partial charge in [0.2, 0.25) is 0 Å². The predicted octanol–water partition coefficient (Wildman–Crippen LogP) is 4.51. The minimum atomic E-state index is -0.248. The molecule has 8 nitrogen and oxygen atoms in total. The third-order valence-corrected chi connectivity index (χ3v) is 6.17. The molecule has 0 spiro atoms. The van der Waals surface area contributed by atoms with Gasteiger partial charge < -0.3 is 16.4 Å². The lowest BCUT2D eigenvalue weighted by Crippen LogP contribution is -2.28. The third kappa shape index (κ3) is 5.74. The number of nitrogens with zero attached hydrogens (tertiary/aromatic N) is 1. The molecule has 0 aliphatic rings. The fourth-order valence-corrected chi connectivity index (χ4v) is 3.98. The molecular formula is C22H24N6O2S2. The summed E-state index contributed by atoms with van der Waals surface area (Å²) in [5.74, 6) is -0.463. The summed E-state index contributed by atoms with van der Waals surface area (Å²) in [6, 6.07) is 12.3. The Hall–Kier alpha value is -3.63. The van der Waals surface area contributed by atoms with Crippen LogP contribution < -0.4 is 27.2 Å². The van der Waals surface area contributed by atoms with E-state index in [1.807, 2.05) is 29.8 Å². The molecule has 0 fully saturated rings. The first kappa shape index (κ1) is 23.0. The highest BCUT2D eigenvalue weighted by Gasteiger charge is 2.14. The number of hydrogen-bond acceptors (Lipinski definition) is 8. The molecule has 0 unspecified atom stereocenters. The number of allylic oxidation sites excluding steroid dienone is 2. The van der Waals surface area contributed by atoms with E-state index in [0.29, 0.717) is 38.2 Å². The summed E-state index contributed by atoms with van der Waals surface area (Å²) >= 11 is 2.70. The summed E-state index contributed by atoms with van der Waals surface area (Å²) in [7, 11) is 1.68. The van der Waals surface area contributed by atoms with Crippen LogP contribution in [0.15, 0.2) is 69.6 Å². The number of hydrogen-bond donors (Lipinski definition) is 5. The van der Waals surface area contributed by atoms with Gasteiger partial charge in [0, 0.05) is 18.4 Å². The maximum atomic E-state index is 12.7. The number of aliphatic imine (C=N–C) groups is 1. The van der Waals surface area contributed by atoms with E-state index in [2.05, 4.69) is 26.5 Å². The Morgan fingerprint density at radius 3 is 2.06 bits per heavy atom. The molecule has 0 saturated heterocycles. The molecule has 0 bridgehead atoms. The highest BCUT2D eigenvalue weighted by molar-refractivity contribution is 7.12. The van der Waals surface area contributed by atoms with Crippen molar-refractivity contribution in [2.24, 2.45) is 10.7 Å². The normalized spacial score (nSPS) is 12.0. The zero-order chi connectivity index (χ0) is 23.1. The lowest BCUT2D eigenvalue weighted by molar-refractivity contribution is 0.102. The molecule has 166 valence electrons. The van der Waals surface area contributed by atoms with Crippen LogP contribution >= 0.6 is 22.7 Å². The van der Waals surface area contributed by atoms with E-state index in [9.17, 15) is 9.59 Å². The lowest BCUT2D eigenvalue weighted by atomic mass is 10.2. The minimum Gasteiger partial charge on any atom is -0.400 e. The Morgan fingerprint density at radius 1 is 0.906 bits per heavy atom. The Kier molecular flexibility index (Phi) is 7.63. The first-order chi connectivity index (χ1) is 15.4. The first-order valence-corrected chi connectivity index (χ1v) is 11.4. The van der Waals surface area contributed by atoms with Crippen LogP contribution in [0.25, 0.3) is 0 Å². The van der Waals surface area contributed by atoms with Crippen molar-refractivity contribution in [1.29, 1.82) is 0 Å². The monoisotopic (exact) mass is 468 g/mol. The second-order valence-corrected chi connectivity index (χ2v) is 8.64. The van der Waals surface area contributed by atoms with Gasteiger partial charge in [-0.05, 0) is 54.9 Å². The van der Waals surface area contributed by atoms with Crippen LogP contribution in [-0.2, 0) is 0 Å². The van der Waals surface area contributed by atoms with Crippen LogP contribution in [0.3, 0.4) is 0 Å². The van der Waals surface area contributed by atoms with Crippen molar-refractivity contribution in [3.63, 3.8) is 0 Å². The predicted molar refractivity (Wildman–Crippen MR) is 134 cm³/mol. The molecule has 1 aromatic carbocycles. The summed E-state index contributed by atoms with van der Waals surface area (Å²) in [4.78, 5) is 30.4. The second-order valence-electron chi connectivity index (χ2n) is 6.74. The quantitative estimate of drug-likeness (QED) is 0.246. The smallest absolute Gasteiger partial charge is 0.265 e. The van der Waals surface area contributed by atoms with Gasteiger partial charge >= 0.3 is 0 Å². The summed E-state index contributed by atoms with van der Waals surface area (Å²) < 4.78 is 0. The molecule has 2 heterocycles. The van der Waals surface area contributed by atoms with Gasteiger partial charge in [0.05, 0.1) is 32.5 Å². The molecular weight excluding hydrogens is 444 g/mol. The van der Waals surface area contributed by atoms with Gasteiger partial charge in [-0.25, -0.2) is 0 Å². The standard InChI is InChI=1S/C22H24N6O2S2/c1-13(23)20(14(2)24-3)28-27-16-9-8-15(25-21(29)18-6-4-10-31-18)12-17(16)26-22(30)19-7-5-11-32-19/h4-12,27-28H,23H2,1-3H3,(H,25,29)(H,26,30)/b20-13+,24-14?. The van der Waals surface area contributed by atoms with Crippen LogP contribution in [0, 0.1) is 0 Å². The topological polar surface area (TPSA) is 121 Å². The molecule has 2 amide bonds. The van der Waals surface area contributed by atoms with Crippen LogP contribution in [0.1, 0.15) is 33.2 Å². The van der Waals surface area contributed by atoms with E-state index in [1.165, 1.54) is 22.7 Å². The average Bonchev–Trinajstić information content (AvgIpc) is 3.49. The van der Waals surface area contributed by atoms with Crippen LogP contribution in [0.2, 0.25) is 0 Å². The second kappa shape index (κ2) is 10.6. The van der Waals surface area contributed by atoms with E-state index in [4.69, 9.17) is 5.73 Å². The summed E-state index contributed by atoms with van der Waals surface area (Å²) in [6.07, 6.45) is 0. The molecule has 6 N–H and O–H groups in total. The molecule has 32 heavy (non-hydrogen) atoms. The Bertz CT molecular complexity index is 1150. The van der Waals surface area contributed by atoms with Gasteiger partial charge in [-0.2, -0.15) is 0 Å². The van der Waals surface area contributed by atoms with Gasteiger partial charge in [-0.15, -0.1) is 22.7 Å². The maximum absolute atomic E-state index is 12.7. The number of nitrogens with two attached hydrogens (primary N) is 1. The first-order valence-electron chi connectivity index (χ1n) is 9.65. The van der Waals surface area contributed by atoms with Crippen molar-refractivity contribution >= 4 is 57.3 Å². The van der Waals surface area contributed by atoms with Crippen LogP contribution in [0.5, 0.6) is 0 Å². The number of rotatable bonds is 8. The molecule has 2 aromatic heterocycles. The van der Waals surface area contributed by atoms with Gasteiger partial charge in [-0.1, -0.05) is 12.1 Å². The molecule has 0 atom stereocenters. The van der Waals surface area contributed by atoms with Crippen LogP contribution in [0.4, 0.5) is 17.1 Å². The average molecular weight is 469 g/mol. The highest BCUT2D eigenvalue weighted by Crippen LogP contribution is 2.27. The zero-order valence-corrected chi connectivity index (χ0v) is 19.5. The van der Waals surface area contributed by atoms with Crippen molar-refractivity contribution in [2.75, 3.05) is 23.1 Å². The summed E-state index contributed by atoms with van der Waals surface area (Å²) in [5.41, 5.74) is 15.6. The van der Waals surface area contributed by atoms with Crippen molar-refractivity contribution in [1.82, 2.24) is 5.43 Å². The third-order valence-electron chi connectivity index (χ3n) is 4.43. The number of carbonyl (C=O) groups is 2. The summed E-state index contributed by atoms with van der Waals surface area (Å²) in [5, 5.41) is 9.43. The molecule has 0 aliphatic carbocycles. The molecule has 0 aliphatic heterocycles. The van der Waals surface area contributed by atoms with E-state index in [1.54, 1.807) is 44.3 Å². The van der Waals surface area contributed by atoms with E-state index >= 15 is 0 Å². The van der Waals surface area contributed by atoms with Gasteiger partial charge in [0.15, 0.2) is 0 Å². The molecule has 0 radical (unpaired) electrons.